The summed E-state index contributed by atoms with van der Waals surface area (Å²) in [7, 11) is 0. The average molecular weight is 445 g/mol. The number of fused-ring (bicyclic) bond motifs is 1. The summed E-state index contributed by atoms with van der Waals surface area (Å²) in [6.45, 7) is 0. The highest BCUT2D eigenvalue weighted by Crippen LogP contribution is 2.32. The van der Waals surface area contributed by atoms with E-state index >= 15 is 0 Å². The van der Waals surface area contributed by atoms with Crippen LogP contribution in [0.1, 0.15) is 21.8 Å². The van der Waals surface area contributed by atoms with Crippen LogP contribution < -0.4 is 0 Å². The Bertz CT molecular complexity index is 1280. The van der Waals surface area contributed by atoms with Crippen LogP contribution in [0.15, 0.2) is 59.0 Å². The summed E-state index contributed by atoms with van der Waals surface area (Å²) in [5.41, 5.74) is 1.84. The largest absolute Gasteiger partial charge is 0.478 e. The molecule has 2 aromatic heterocycles. The second-order valence-electron chi connectivity index (χ2n) is 6.22. The third kappa shape index (κ3) is 4.15. The lowest BCUT2D eigenvalue weighted by Gasteiger charge is -2.05. The molecule has 0 aliphatic rings. The summed E-state index contributed by atoms with van der Waals surface area (Å²) in [4.78, 5) is 16.1. The molecule has 0 atom stereocenters. The topological polar surface area (TPSA) is 63.3 Å². The van der Waals surface area contributed by atoms with E-state index in [1.807, 2.05) is 0 Å². The molecule has 0 aliphatic heterocycles. The first-order chi connectivity index (χ1) is 13.9. The van der Waals surface area contributed by atoms with E-state index < -0.39 is 5.97 Å². The zero-order chi connectivity index (χ0) is 20.5. The Morgan fingerprint density at radius 1 is 0.931 bits per heavy atom. The monoisotopic (exact) mass is 443 g/mol. The number of aromatic nitrogens is 1. The molecular formula is C22H12Cl3NO3. The number of aromatic carboxylic acids is 1. The lowest BCUT2D eigenvalue weighted by atomic mass is 10.1. The Morgan fingerprint density at radius 2 is 1.69 bits per heavy atom. The van der Waals surface area contributed by atoms with Crippen molar-refractivity contribution in [3.63, 3.8) is 0 Å². The van der Waals surface area contributed by atoms with Gasteiger partial charge in [0, 0.05) is 21.0 Å². The van der Waals surface area contributed by atoms with Gasteiger partial charge in [0.25, 0.3) is 0 Å². The van der Waals surface area contributed by atoms with E-state index in [2.05, 4.69) is 4.98 Å². The Kier molecular flexibility index (Phi) is 5.33. The van der Waals surface area contributed by atoms with E-state index in [1.165, 1.54) is 6.07 Å². The van der Waals surface area contributed by atoms with Crippen LogP contribution in [0.2, 0.25) is 15.1 Å². The molecule has 4 nitrogen and oxygen atoms in total. The van der Waals surface area contributed by atoms with Gasteiger partial charge in [0.2, 0.25) is 0 Å². The molecule has 0 amide bonds. The van der Waals surface area contributed by atoms with Crippen molar-refractivity contribution in [2.45, 2.75) is 0 Å². The van der Waals surface area contributed by atoms with Crippen LogP contribution in [0.3, 0.4) is 0 Å². The van der Waals surface area contributed by atoms with E-state index in [4.69, 9.17) is 39.2 Å². The minimum absolute atomic E-state index is 0.128. The molecule has 0 saturated heterocycles. The smallest absolute Gasteiger partial charge is 0.336 e. The van der Waals surface area contributed by atoms with Crippen molar-refractivity contribution in [3.8, 4) is 11.3 Å². The molecule has 0 radical (unpaired) electrons. The van der Waals surface area contributed by atoms with Crippen LogP contribution in [0.4, 0.5) is 0 Å². The van der Waals surface area contributed by atoms with Gasteiger partial charge in [0.1, 0.15) is 11.5 Å². The second kappa shape index (κ2) is 7.91. The molecule has 7 heteroatoms. The summed E-state index contributed by atoms with van der Waals surface area (Å²) >= 11 is 18.2. The predicted octanol–water partition coefficient (Wildman–Crippen LogP) is 7.32. The summed E-state index contributed by atoms with van der Waals surface area (Å²) in [5.74, 6) is 0.0839. The van der Waals surface area contributed by atoms with Crippen LogP contribution in [-0.4, -0.2) is 16.1 Å². The average Bonchev–Trinajstić information content (AvgIpc) is 3.16. The van der Waals surface area contributed by atoms with Gasteiger partial charge in [0.15, 0.2) is 0 Å². The fourth-order valence-corrected chi connectivity index (χ4v) is 3.48. The van der Waals surface area contributed by atoms with Gasteiger partial charge in [0.05, 0.1) is 21.8 Å². The van der Waals surface area contributed by atoms with Crippen molar-refractivity contribution < 1.29 is 14.3 Å². The lowest BCUT2D eigenvalue weighted by Crippen LogP contribution is -2.00. The quantitative estimate of drug-likeness (QED) is 0.358. The number of rotatable bonds is 4. The molecule has 0 saturated carbocycles. The molecule has 144 valence electrons. The van der Waals surface area contributed by atoms with Crippen LogP contribution in [-0.2, 0) is 0 Å². The van der Waals surface area contributed by atoms with Crippen molar-refractivity contribution in [2.75, 3.05) is 0 Å². The third-order valence-electron chi connectivity index (χ3n) is 4.26. The van der Waals surface area contributed by atoms with Gasteiger partial charge in [-0.3, -0.25) is 0 Å². The van der Waals surface area contributed by atoms with E-state index in [1.54, 1.807) is 60.7 Å². The number of halogens is 3. The number of hydrogen-bond donors (Lipinski definition) is 1. The zero-order valence-corrected chi connectivity index (χ0v) is 17.0. The number of carbonyl (C=O) groups is 1. The molecule has 4 rings (SSSR count). The number of carboxylic acids is 1. The van der Waals surface area contributed by atoms with Gasteiger partial charge < -0.3 is 9.52 Å². The van der Waals surface area contributed by atoms with Gasteiger partial charge >= 0.3 is 5.97 Å². The summed E-state index contributed by atoms with van der Waals surface area (Å²) in [6, 6.07) is 15.1. The summed E-state index contributed by atoms with van der Waals surface area (Å²) in [5, 5.41) is 11.5. The van der Waals surface area contributed by atoms with E-state index in [0.717, 1.165) is 0 Å². The van der Waals surface area contributed by atoms with Crippen molar-refractivity contribution in [1.82, 2.24) is 4.98 Å². The lowest BCUT2D eigenvalue weighted by molar-refractivity contribution is 0.0699. The first-order valence-corrected chi connectivity index (χ1v) is 9.61. The third-order valence-corrected chi connectivity index (χ3v) is 5.06. The standard InChI is InChI=1S/C22H12Cl3NO3/c23-12-1-6-19(25)18(10-12)21-8-5-15(29-21)4-3-14-11-17(22(27)28)16-9-13(24)2-7-20(16)26-14/h1-11H,(H,27,28)/b4-3+. The first-order valence-electron chi connectivity index (χ1n) is 8.47. The fraction of sp³-hybridized carbons (Fsp3) is 0. The fourth-order valence-electron chi connectivity index (χ4n) is 2.92. The van der Waals surface area contributed by atoms with Crippen molar-refractivity contribution in [3.05, 3.63) is 86.7 Å². The highest BCUT2D eigenvalue weighted by atomic mass is 35.5. The van der Waals surface area contributed by atoms with Crippen molar-refractivity contribution >= 4 is 63.8 Å². The number of nitrogens with zero attached hydrogens (tertiary/aromatic N) is 1. The highest BCUT2D eigenvalue weighted by molar-refractivity contribution is 6.35. The SMILES string of the molecule is O=C(O)c1cc(/C=C/c2ccc(-c3cc(Cl)ccc3Cl)o2)nc2ccc(Cl)cc12. The van der Waals surface area contributed by atoms with Crippen LogP contribution in [0.5, 0.6) is 0 Å². The molecule has 2 heterocycles. The highest BCUT2D eigenvalue weighted by Gasteiger charge is 2.12. The molecule has 2 aromatic carbocycles. The minimum Gasteiger partial charge on any atom is -0.478 e. The molecule has 29 heavy (non-hydrogen) atoms. The molecule has 0 bridgehead atoms. The normalized spacial score (nSPS) is 11.4. The Morgan fingerprint density at radius 3 is 2.48 bits per heavy atom. The molecule has 1 N–H and O–H groups in total. The van der Waals surface area contributed by atoms with Gasteiger partial charge in [-0.05, 0) is 66.7 Å². The number of hydrogen-bond acceptors (Lipinski definition) is 3. The minimum atomic E-state index is -1.05. The molecule has 0 unspecified atom stereocenters. The number of pyridine rings is 1. The van der Waals surface area contributed by atoms with Gasteiger partial charge in [-0.2, -0.15) is 0 Å². The van der Waals surface area contributed by atoms with Gasteiger partial charge in [-0.15, -0.1) is 0 Å². The van der Waals surface area contributed by atoms with Crippen LogP contribution >= 0.6 is 34.8 Å². The number of carboxylic acid groups (broad SMARTS) is 1. The zero-order valence-electron chi connectivity index (χ0n) is 14.7. The van der Waals surface area contributed by atoms with E-state index in [-0.39, 0.29) is 5.56 Å². The Balaban J connectivity index is 1.69. The Labute approximate surface area is 181 Å². The molecular weight excluding hydrogens is 433 g/mol. The number of benzene rings is 2. The van der Waals surface area contributed by atoms with Crippen LogP contribution in [0, 0.1) is 0 Å². The van der Waals surface area contributed by atoms with Crippen molar-refractivity contribution in [2.24, 2.45) is 0 Å². The number of furan rings is 1. The first kappa shape index (κ1) is 19.5. The maximum Gasteiger partial charge on any atom is 0.336 e. The summed E-state index contributed by atoms with van der Waals surface area (Å²) in [6.07, 6.45) is 3.39. The second-order valence-corrected chi connectivity index (χ2v) is 7.50. The van der Waals surface area contributed by atoms with Crippen LogP contribution in [0.25, 0.3) is 34.4 Å². The Hall–Kier alpha value is -2.79. The molecule has 4 aromatic rings. The van der Waals surface area contributed by atoms with E-state index in [9.17, 15) is 9.90 Å². The maximum atomic E-state index is 11.6. The predicted molar refractivity (Wildman–Crippen MR) is 117 cm³/mol. The van der Waals surface area contributed by atoms with Gasteiger partial charge in [-0.25, -0.2) is 9.78 Å². The summed E-state index contributed by atoms with van der Waals surface area (Å²) < 4.78 is 5.82. The maximum absolute atomic E-state index is 11.6. The molecule has 0 aliphatic carbocycles. The van der Waals surface area contributed by atoms with Gasteiger partial charge in [-0.1, -0.05) is 34.8 Å². The molecule has 0 spiro atoms. The van der Waals surface area contributed by atoms with Crippen molar-refractivity contribution in [1.29, 1.82) is 0 Å². The molecule has 0 fully saturated rings. The van der Waals surface area contributed by atoms with E-state index in [0.29, 0.717) is 48.7 Å².